The molecule has 0 aromatic carbocycles. The summed E-state index contributed by atoms with van der Waals surface area (Å²) in [5, 5.41) is 9.75. The molecule has 2 aliphatic heterocycles. The molecule has 124 valence electrons. The van der Waals surface area contributed by atoms with E-state index in [1.165, 1.54) is 32.1 Å². The van der Waals surface area contributed by atoms with E-state index >= 15 is 0 Å². The van der Waals surface area contributed by atoms with Crippen LogP contribution < -0.4 is 0 Å². The van der Waals surface area contributed by atoms with Crippen LogP contribution in [0.25, 0.3) is 0 Å². The van der Waals surface area contributed by atoms with Crippen LogP contribution in [0.3, 0.4) is 0 Å². The first-order valence-electron chi connectivity index (χ1n) is 8.92. The zero-order chi connectivity index (χ0) is 14.7. The zero-order valence-corrected chi connectivity index (χ0v) is 12.9. The molecule has 5 nitrogen and oxygen atoms in total. The number of aliphatic hydroxyl groups excluding tert-OH is 1. The van der Waals surface area contributed by atoms with Crippen molar-refractivity contribution in [1.82, 2.24) is 0 Å². The van der Waals surface area contributed by atoms with Gasteiger partial charge in [0, 0.05) is 0 Å². The summed E-state index contributed by atoms with van der Waals surface area (Å²) in [6.45, 7) is 1.19. The summed E-state index contributed by atoms with van der Waals surface area (Å²) in [7, 11) is 0. The van der Waals surface area contributed by atoms with Gasteiger partial charge < -0.3 is 24.1 Å². The van der Waals surface area contributed by atoms with Gasteiger partial charge in [0.05, 0.1) is 19.3 Å². The SMILES string of the molecule is O[C@H]1CO[C@H]2[C@@H]1OC[C@H]2OCOC1C2CC3CC(C2)CC1C3. The highest BCUT2D eigenvalue weighted by molar-refractivity contribution is 4.99. The largest absolute Gasteiger partial charge is 0.388 e. The molecule has 1 N–H and O–H groups in total. The Balaban J connectivity index is 1.14. The van der Waals surface area contributed by atoms with Crippen LogP contribution in [0.1, 0.15) is 32.1 Å². The lowest BCUT2D eigenvalue weighted by Gasteiger charge is -2.53. The molecule has 22 heavy (non-hydrogen) atoms. The molecule has 4 atom stereocenters. The summed E-state index contributed by atoms with van der Waals surface area (Å²) in [5.41, 5.74) is 0. The Kier molecular flexibility index (Phi) is 3.49. The molecule has 2 heterocycles. The molecular formula is C17H26O5. The van der Waals surface area contributed by atoms with Crippen molar-refractivity contribution >= 4 is 0 Å². The number of hydrogen-bond donors (Lipinski definition) is 1. The van der Waals surface area contributed by atoms with Gasteiger partial charge >= 0.3 is 0 Å². The van der Waals surface area contributed by atoms with Crippen LogP contribution >= 0.6 is 0 Å². The number of hydrogen-bond acceptors (Lipinski definition) is 5. The third kappa shape index (κ3) is 2.25. The quantitative estimate of drug-likeness (QED) is 0.794. The Bertz CT molecular complexity index is 399. The fraction of sp³-hybridized carbons (Fsp3) is 1.00. The molecule has 0 spiro atoms. The van der Waals surface area contributed by atoms with E-state index in [-0.39, 0.29) is 18.3 Å². The van der Waals surface area contributed by atoms with E-state index in [0.29, 0.717) is 26.1 Å². The smallest absolute Gasteiger partial charge is 0.147 e. The second-order valence-corrected chi connectivity index (χ2v) is 8.05. The molecule has 4 saturated carbocycles. The zero-order valence-electron chi connectivity index (χ0n) is 12.9. The first-order valence-corrected chi connectivity index (χ1v) is 8.92. The summed E-state index contributed by atoms with van der Waals surface area (Å²) in [5.74, 6) is 3.47. The van der Waals surface area contributed by atoms with Crippen LogP contribution in [0, 0.1) is 23.7 Å². The predicted octanol–water partition coefficient (Wildman–Crippen LogP) is 1.33. The molecule has 0 aromatic heterocycles. The van der Waals surface area contributed by atoms with E-state index in [1.807, 2.05) is 0 Å². The third-order valence-electron chi connectivity index (χ3n) is 6.66. The Morgan fingerprint density at radius 2 is 1.50 bits per heavy atom. The summed E-state index contributed by atoms with van der Waals surface area (Å²) < 4.78 is 23.2. The van der Waals surface area contributed by atoms with Crippen molar-refractivity contribution in [3.05, 3.63) is 0 Å². The maximum Gasteiger partial charge on any atom is 0.147 e. The molecule has 5 heteroatoms. The Hall–Kier alpha value is -0.200. The van der Waals surface area contributed by atoms with E-state index in [1.54, 1.807) is 0 Å². The van der Waals surface area contributed by atoms with E-state index < -0.39 is 6.10 Å². The molecular weight excluding hydrogens is 284 g/mol. The standard InChI is InChI=1S/C17H26O5/c18-13-6-19-17-14(7-20-16(13)17)21-8-22-15-11-2-9-1-10(4-11)5-12(15)3-9/h9-18H,1-8H2/t9?,10?,11?,12?,13-,14+,15?,16+,17+/m0/s1. The Morgan fingerprint density at radius 3 is 2.23 bits per heavy atom. The first kappa shape index (κ1) is 14.2. The van der Waals surface area contributed by atoms with E-state index in [4.69, 9.17) is 18.9 Å². The van der Waals surface area contributed by atoms with Crippen molar-refractivity contribution in [2.45, 2.75) is 62.6 Å². The Labute approximate surface area is 131 Å². The first-order chi connectivity index (χ1) is 10.8. The van der Waals surface area contributed by atoms with Crippen molar-refractivity contribution < 1.29 is 24.1 Å². The van der Waals surface area contributed by atoms with E-state index in [0.717, 1.165) is 23.7 Å². The summed E-state index contributed by atoms with van der Waals surface area (Å²) in [6, 6.07) is 0. The maximum absolute atomic E-state index is 9.75. The lowest BCUT2D eigenvalue weighted by atomic mass is 9.55. The van der Waals surface area contributed by atoms with Crippen molar-refractivity contribution in [3.63, 3.8) is 0 Å². The van der Waals surface area contributed by atoms with E-state index in [9.17, 15) is 5.11 Å². The maximum atomic E-state index is 9.75. The molecule has 0 aromatic rings. The number of ether oxygens (including phenoxy) is 4. The fourth-order valence-electron chi connectivity index (χ4n) is 5.94. The van der Waals surface area contributed by atoms with Crippen molar-refractivity contribution in [2.24, 2.45) is 23.7 Å². The predicted molar refractivity (Wildman–Crippen MR) is 77.1 cm³/mol. The average molecular weight is 310 g/mol. The average Bonchev–Trinajstić information content (AvgIpc) is 3.05. The third-order valence-corrected chi connectivity index (χ3v) is 6.66. The molecule has 0 amide bonds. The highest BCUT2D eigenvalue weighted by Gasteiger charge is 2.50. The van der Waals surface area contributed by atoms with Crippen LogP contribution in [0.15, 0.2) is 0 Å². The number of rotatable bonds is 4. The van der Waals surface area contributed by atoms with Crippen molar-refractivity contribution in [2.75, 3.05) is 20.0 Å². The van der Waals surface area contributed by atoms with E-state index in [2.05, 4.69) is 0 Å². The van der Waals surface area contributed by atoms with Gasteiger partial charge in [-0.15, -0.1) is 0 Å². The minimum atomic E-state index is -0.510. The molecule has 6 rings (SSSR count). The Morgan fingerprint density at radius 1 is 0.818 bits per heavy atom. The van der Waals surface area contributed by atoms with Crippen LogP contribution in [-0.4, -0.2) is 55.6 Å². The minimum absolute atomic E-state index is 0.0982. The van der Waals surface area contributed by atoms with Gasteiger partial charge in [-0.1, -0.05) is 0 Å². The molecule has 0 radical (unpaired) electrons. The number of fused-ring (bicyclic) bond motifs is 1. The highest BCUT2D eigenvalue weighted by Crippen LogP contribution is 2.54. The van der Waals surface area contributed by atoms with Gasteiger partial charge in [-0.25, -0.2) is 0 Å². The topological polar surface area (TPSA) is 57.2 Å². The minimum Gasteiger partial charge on any atom is -0.388 e. The second kappa shape index (κ2) is 5.42. The van der Waals surface area contributed by atoms with Gasteiger partial charge in [0.2, 0.25) is 0 Å². The van der Waals surface area contributed by atoms with Crippen LogP contribution in [0.5, 0.6) is 0 Å². The van der Waals surface area contributed by atoms with Gasteiger partial charge in [0.15, 0.2) is 0 Å². The van der Waals surface area contributed by atoms with Crippen LogP contribution in [0.2, 0.25) is 0 Å². The molecule has 6 aliphatic rings. The molecule has 2 saturated heterocycles. The van der Waals surface area contributed by atoms with Gasteiger partial charge in [-0.2, -0.15) is 0 Å². The van der Waals surface area contributed by atoms with Crippen molar-refractivity contribution in [3.8, 4) is 0 Å². The summed E-state index contributed by atoms with van der Waals surface area (Å²) in [6.07, 6.45) is 6.38. The molecule has 4 aliphatic carbocycles. The molecule has 0 unspecified atom stereocenters. The lowest BCUT2D eigenvalue weighted by molar-refractivity contribution is -0.194. The van der Waals surface area contributed by atoms with Crippen molar-refractivity contribution in [1.29, 1.82) is 0 Å². The van der Waals surface area contributed by atoms with Gasteiger partial charge in [0.25, 0.3) is 0 Å². The van der Waals surface area contributed by atoms with Gasteiger partial charge in [-0.3, -0.25) is 0 Å². The van der Waals surface area contributed by atoms with Crippen LogP contribution in [-0.2, 0) is 18.9 Å². The van der Waals surface area contributed by atoms with Gasteiger partial charge in [0.1, 0.15) is 31.2 Å². The second-order valence-electron chi connectivity index (χ2n) is 8.05. The summed E-state index contributed by atoms with van der Waals surface area (Å²) >= 11 is 0. The number of aliphatic hydroxyl groups is 1. The molecule has 4 bridgehead atoms. The van der Waals surface area contributed by atoms with Gasteiger partial charge in [-0.05, 0) is 55.8 Å². The lowest BCUT2D eigenvalue weighted by Crippen LogP contribution is -2.49. The highest BCUT2D eigenvalue weighted by atomic mass is 16.7. The molecule has 6 fully saturated rings. The summed E-state index contributed by atoms with van der Waals surface area (Å²) in [4.78, 5) is 0. The monoisotopic (exact) mass is 310 g/mol. The fourth-order valence-corrected chi connectivity index (χ4v) is 5.94. The van der Waals surface area contributed by atoms with Crippen LogP contribution in [0.4, 0.5) is 0 Å². The normalized spacial score (nSPS) is 55.8.